The number of ether oxygens (including phenoxy) is 1. The number of likely N-dealkylation sites (N-methyl/N-ethyl adjacent to an activating group) is 1. The first-order valence-corrected chi connectivity index (χ1v) is 5.61. The van der Waals surface area contributed by atoms with E-state index in [0.717, 1.165) is 10.7 Å². The number of rotatable bonds is 5. The number of carbonyl (C=O) groups is 1. The molecule has 1 atom stereocenters. The quantitative estimate of drug-likeness (QED) is 0.829. The van der Waals surface area contributed by atoms with Crippen LogP contribution in [-0.4, -0.2) is 35.4 Å². The summed E-state index contributed by atoms with van der Waals surface area (Å²) in [4.78, 5) is 11.6. The minimum absolute atomic E-state index is 0.169. The fourth-order valence-corrected chi connectivity index (χ4v) is 1.53. The Hall–Kier alpha value is -1.57. The van der Waals surface area contributed by atoms with E-state index in [1.54, 1.807) is 14.0 Å². The molecule has 0 aliphatic carbocycles. The molecule has 0 fully saturated rings. The van der Waals surface area contributed by atoms with Crippen LogP contribution in [0.25, 0.3) is 0 Å². The number of alkyl halides is 3. The summed E-state index contributed by atoms with van der Waals surface area (Å²) in [6.45, 7) is 1.79. The van der Waals surface area contributed by atoms with Gasteiger partial charge in [-0.2, -0.15) is 18.3 Å². The molecule has 5 nitrogen and oxygen atoms in total. The number of aryl methyl sites for hydroxylation is 1. The fourth-order valence-electron chi connectivity index (χ4n) is 1.53. The van der Waals surface area contributed by atoms with Gasteiger partial charge in [-0.3, -0.25) is 9.48 Å². The highest BCUT2D eigenvalue weighted by Crippen LogP contribution is 2.27. The molecule has 1 heterocycles. The molecular formula is C11H16F3N3O2. The van der Waals surface area contributed by atoms with Gasteiger partial charge in [-0.1, -0.05) is 0 Å². The summed E-state index contributed by atoms with van der Waals surface area (Å²) < 4.78 is 42.9. The Balaban J connectivity index is 2.71. The lowest BCUT2D eigenvalue weighted by Gasteiger charge is -2.25. The van der Waals surface area contributed by atoms with Crippen molar-refractivity contribution in [2.45, 2.75) is 31.6 Å². The van der Waals surface area contributed by atoms with Crippen LogP contribution in [0.1, 0.15) is 19.0 Å². The number of halogens is 3. The van der Waals surface area contributed by atoms with Crippen LogP contribution in [0, 0.1) is 0 Å². The summed E-state index contributed by atoms with van der Waals surface area (Å²) in [5.74, 6) is -0.474. The lowest BCUT2D eigenvalue weighted by Crippen LogP contribution is -2.49. The molecule has 0 aliphatic heterocycles. The van der Waals surface area contributed by atoms with Crippen LogP contribution in [0.2, 0.25) is 0 Å². The lowest BCUT2D eigenvalue weighted by atomic mass is 9.98. The highest BCUT2D eigenvalue weighted by Gasteiger charge is 2.35. The Labute approximate surface area is 108 Å². The Morgan fingerprint density at radius 1 is 1.53 bits per heavy atom. The maximum absolute atomic E-state index is 12.4. The SMILES string of the molecule is CNC(C)(CCn1ccc(C(F)(F)F)n1)C(=O)OC. The van der Waals surface area contributed by atoms with Crippen molar-refractivity contribution < 1.29 is 22.7 Å². The molecule has 8 heteroatoms. The van der Waals surface area contributed by atoms with Crippen LogP contribution >= 0.6 is 0 Å². The van der Waals surface area contributed by atoms with Gasteiger partial charge in [-0.05, 0) is 26.5 Å². The van der Waals surface area contributed by atoms with E-state index in [0.29, 0.717) is 0 Å². The molecule has 108 valence electrons. The minimum Gasteiger partial charge on any atom is -0.468 e. The maximum atomic E-state index is 12.4. The number of esters is 1. The third kappa shape index (κ3) is 3.69. The molecule has 1 rings (SSSR count). The van der Waals surface area contributed by atoms with Gasteiger partial charge in [-0.25, -0.2) is 0 Å². The second-order valence-electron chi connectivity index (χ2n) is 4.29. The molecular weight excluding hydrogens is 263 g/mol. The second-order valence-corrected chi connectivity index (χ2v) is 4.29. The first-order valence-electron chi connectivity index (χ1n) is 5.61. The third-order valence-electron chi connectivity index (χ3n) is 2.96. The van der Waals surface area contributed by atoms with E-state index in [2.05, 4.69) is 15.2 Å². The van der Waals surface area contributed by atoms with Crippen LogP contribution in [0.3, 0.4) is 0 Å². The van der Waals surface area contributed by atoms with Crippen LogP contribution in [0.15, 0.2) is 12.3 Å². The molecule has 1 aromatic rings. The predicted molar refractivity (Wildman–Crippen MR) is 61.3 cm³/mol. The van der Waals surface area contributed by atoms with E-state index in [1.165, 1.54) is 13.3 Å². The van der Waals surface area contributed by atoms with Crippen LogP contribution in [0.4, 0.5) is 13.2 Å². The third-order valence-corrected chi connectivity index (χ3v) is 2.96. The van der Waals surface area contributed by atoms with E-state index in [-0.39, 0.29) is 13.0 Å². The summed E-state index contributed by atoms with van der Waals surface area (Å²) in [6.07, 6.45) is -2.97. The van der Waals surface area contributed by atoms with Crippen molar-refractivity contribution in [1.82, 2.24) is 15.1 Å². The van der Waals surface area contributed by atoms with Crippen LogP contribution in [-0.2, 0) is 22.3 Å². The number of carbonyl (C=O) groups excluding carboxylic acids is 1. The summed E-state index contributed by atoms with van der Waals surface area (Å²) in [7, 11) is 2.84. The van der Waals surface area contributed by atoms with Gasteiger partial charge < -0.3 is 10.1 Å². The largest absolute Gasteiger partial charge is 0.468 e. The Morgan fingerprint density at radius 2 is 2.16 bits per heavy atom. The highest BCUT2D eigenvalue weighted by molar-refractivity contribution is 5.80. The summed E-state index contributed by atoms with van der Waals surface area (Å²) in [6, 6.07) is 0.898. The van der Waals surface area contributed by atoms with Crippen molar-refractivity contribution >= 4 is 5.97 Å². The maximum Gasteiger partial charge on any atom is 0.435 e. The fraction of sp³-hybridized carbons (Fsp3) is 0.636. The number of nitrogens with one attached hydrogen (secondary N) is 1. The van der Waals surface area contributed by atoms with E-state index in [9.17, 15) is 18.0 Å². The first kappa shape index (κ1) is 15.5. The number of aromatic nitrogens is 2. The second kappa shape index (κ2) is 5.60. The Bertz CT molecular complexity index is 445. The van der Waals surface area contributed by atoms with Gasteiger partial charge in [0.2, 0.25) is 0 Å². The van der Waals surface area contributed by atoms with Gasteiger partial charge in [0, 0.05) is 12.7 Å². The number of nitrogens with zero attached hydrogens (tertiary/aromatic N) is 2. The van der Waals surface area contributed by atoms with Gasteiger partial charge in [0.25, 0.3) is 0 Å². The molecule has 0 radical (unpaired) electrons. The number of methoxy groups -OCH3 is 1. The van der Waals surface area contributed by atoms with Gasteiger partial charge in [0.15, 0.2) is 5.69 Å². The molecule has 0 saturated carbocycles. The van der Waals surface area contributed by atoms with Crippen molar-refractivity contribution in [2.75, 3.05) is 14.2 Å². The summed E-state index contributed by atoms with van der Waals surface area (Å²) in [5, 5.41) is 6.21. The topological polar surface area (TPSA) is 56.2 Å². The van der Waals surface area contributed by atoms with E-state index in [1.807, 2.05) is 0 Å². The van der Waals surface area contributed by atoms with Crippen molar-refractivity contribution in [1.29, 1.82) is 0 Å². The normalized spacial score (nSPS) is 15.1. The zero-order valence-corrected chi connectivity index (χ0v) is 10.9. The smallest absolute Gasteiger partial charge is 0.435 e. The molecule has 0 amide bonds. The molecule has 0 bridgehead atoms. The van der Waals surface area contributed by atoms with E-state index < -0.39 is 23.4 Å². The molecule has 0 aliphatic rings. The predicted octanol–water partition coefficient (Wildman–Crippen LogP) is 1.44. The Morgan fingerprint density at radius 3 is 2.58 bits per heavy atom. The molecule has 1 aromatic heterocycles. The van der Waals surface area contributed by atoms with Crippen molar-refractivity contribution in [3.63, 3.8) is 0 Å². The van der Waals surface area contributed by atoms with Gasteiger partial charge >= 0.3 is 12.1 Å². The standard InChI is InChI=1S/C11H16F3N3O2/c1-10(15-2,9(18)19-3)5-7-17-6-4-8(16-17)11(12,13)14/h4,6,15H,5,7H2,1-3H3. The molecule has 0 spiro atoms. The molecule has 0 aromatic carbocycles. The van der Waals surface area contributed by atoms with Crippen molar-refractivity contribution in [2.24, 2.45) is 0 Å². The Kier molecular flexibility index (Phi) is 4.56. The zero-order valence-electron chi connectivity index (χ0n) is 10.9. The monoisotopic (exact) mass is 279 g/mol. The van der Waals surface area contributed by atoms with Crippen LogP contribution in [0.5, 0.6) is 0 Å². The van der Waals surface area contributed by atoms with Gasteiger partial charge in [0.05, 0.1) is 7.11 Å². The first-order chi connectivity index (χ1) is 8.73. The van der Waals surface area contributed by atoms with E-state index in [4.69, 9.17) is 0 Å². The van der Waals surface area contributed by atoms with E-state index >= 15 is 0 Å². The highest BCUT2D eigenvalue weighted by atomic mass is 19.4. The lowest BCUT2D eigenvalue weighted by molar-refractivity contribution is -0.148. The average molecular weight is 279 g/mol. The number of hydrogen-bond donors (Lipinski definition) is 1. The average Bonchev–Trinajstić information content (AvgIpc) is 2.83. The summed E-state index contributed by atoms with van der Waals surface area (Å²) >= 11 is 0. The molecule has 1 N–H and O–H groups in total. The zero-order chi connectivity index (χ0) is 14.7. The number of hydrogen-bond acceptors (Lipinski definition) is 4. The summed E-state index contributed by atoms with van der Waals surface area (Å²) in [5.41, 5.74) is -1.91. The molecule has 0 saturated heterocycles. The van der Waals surface area contributed by atoms with Crippen molar-refractivity contribution in [3.8, 4) is 0 Å². The van der Waals surface area contributed by atoms with Crippen LogP contribution < -0.4 is 5.32 Å². The molecule has 1 unspecified atom stereocenters. The van der Waals surface area contributed by atoms with Crippen molar-refractivity contribution in [3.05, 3.63) is 18.0 Å². The molecule has 19 heavy (non-hydrogen) atoms. The van der Waals surface area contributed by atoms with Gasteiger partial charge in [0.1, 0.15) is 5.54 Å². The minimum atomic E-state index is -4.46. The van der Waals surface area contributed by atoms with Gasteiger partial charge in [-0.15, -0.1) is 0 Å².